The van der Waals surface area contributed by atoms with Crippen LogP contribution in [0.4, 0.5) is 0 Å². The Morgan fingerprint density at radius 2 is 2.11 bits per heavy atom. The van der Waals surface area contributed by atoms with Gasteiger partial charge in [0, 0.05) is 7.05 Å². The van der Waals surface area contributed by atoms with Gasteiger partial charge in [-0.3, -0.25) is 4.79 Å². The van der Waals surface area contributed by atoms with Crippen molar-refractivity contribution in [1.29, 1.82) is 0 Å². The molecule has 1 aromatic heterocycles. The molecule has 1 unspecified atom stereocenters. The van der Waals surface area contributed by atoms with Crippen LogP contribution in [0, 0.1) is 0 Å². The molecule has 0 saturated carbocycles. The normalized spacial score (nSPS) is 12.2. The summed E-state index contributed by atoms with van der Waals surface area (Å²) >= 11 is 1.02. The molecule has 0 aliphatic rings. The van der Waals surface area contributed by atoms with Crippen molar-refractivity contribution in [3.63, 3.8) is 0 Å². The van der Waals surface area contributed by atoms with Crippen LogP contribution >= 0.6 is 11.5 Å². The smallest absolute Gasteiger partial charge is 0.326 e. The summed E-state index contributed by atoms with van der Waals surface area (Å²) in [5, 5.41) is 13.0. The van der Waals surface area contributed by atoms with Gasteiger partial charge in [-0.15, -0.1) is 5.10 Å². The molecule has 1 N–H and O–H groups in total. The maximum absolute atomic E-state index is 12.2. The molecule has 6 nitrogen and oxygen atoms in total. The fourth-order valence-electron chi connectivity index (χ4n) is 1.69. The maximum atomic E-state index is 12.2. The molecular formula is C11H17N3O3S. The topological polar surface area (TPSA) is 83.4 Å². The van der Waals surface area contributed by atoms with Crippen molar-refractivity contribution >= 4 is 23.4 Å². The minimum absolute atomic E-state index is 0.317. The summed E-state index contributed by atoms with van der Waals surface area (Å²) in [4.78, 5) is 24.9. The maximum Gasteiger partial charge on any atom is 0.326 e. The number of aliphatic carboxylic acids is 1. The molecule has 0 saturated heterocycles. The van der Waals surface area contributed by atoms with Gasteiger partial charge in [-0.05, 0) is 24.4 Å². The third kappa shape index (κ3) is 3.04. The highest BCUT2D eigenvalue weighted by Crippen LogP contribution is 2.17. The number of carboxylic acids is 1. The number of aromatic nitrogens is 2. The number of amides is 1. The number of aryl methyl sites for hydroxylation is 1. The molecule has 1 rings (SSSR count). The second-order valence-electron chi connectivity index (χ2n) is 3.98. The van der Waals surface area contributed by atoms with E-state index < -0.39 is 12.0 Å². The molecule has 1 heterocycles. The Hall–Kier alpha value is -1.50. The summed E-state index contributed by atoms with van der Waals surface area (Å²) in [6.45, 7) is 3.73. The molecule has 0 spiro atoms. The summed E-state index contributed by atoms with van der Waals surface area (Å²) in [6, 6.07) is -0.811. The Morgan fingerprint density at radius 3 is 2.61 bits per heavy atom. The van der Waals surface area contributed by atoms with Gasteiger partial charge in [0.15, 0.2) is 0 Å². The minimum atomic E-state index is -0.997. The zero-order valence-electron chi connectivity index (χ0n) is 10.7. The lowest BCUT2D eigenvalue weighted by atomic mass is 10.1. The highest BCUT2D eigenvalue weighted by atomic mass is 32.1. The summed E-state index contributed by atoms with van der Waals surface area (Å²) in [7, 11) is 1.50. The molecule has 0 bridgehead atoms. The van der Waals surface area contributed by atoms with Gasteiger partial charge in [-0.25, -0.2) is 4.79 Å². The van der Waals surface area contributed by atoms with Gasteiger partial charge in [0.1, 0.15) is 10.9 Å². The molecule has 0 radical (unpaired) electrons. The molecule has 100 valence electrons. The van der Waals surface area contributed by atoms with Crippen molar-refractivity contribution in [2.45, 2.75) is 39.2 Å². The van der Waals surface area contributed by atoms with E-state index in [1.807, 2.05) is 6.92 Å². The van der Waals surface area contributed by atoms with Crippen LogP contribution in [0.2, 0.25) is 0 Å². The van der Waals surface area contributed by atoms with Gasteiger partial charge < -0.3 is 10.0 Å². The summed E-state index contributed by atoms with van der Waals surface area (Å²) in [5.41, 5.74) is 0.652. The van der Waals surface area contributed by atoms with Crippen LogP contribution < -0.4 is 0 Å². The summed E-state index contributed by atoms with van der Waals surface area (Å²) in [5.74, 6) is -1.31. The van der Waals surface area contributed by atoms with Gasteiger partial charge in [0.05, 0.1) is 5.69 Å². The van der Waals surface area contributed by atoms with Gasteiger partial charge in [0.25, 0.3) is 5.91 Å². The van der Waals surface area contributed by atoms with Crippen molar-refractivity contribution in [2.75, 3.05) is 7.05 Å². The molecule has 7 heteroatoms. The van der Waals surface area contributed by atoms with E-state index in [0.29, 0.717) is 23.4 Å². The van der Waals surface area contributed by atoms with E-state index in [1.54, 1.807) is 6.92 Å². The third-order valence-corrected chi connectivity index (χ3v) is 3.45. The van der Waals surface area contributed by atoms with E-state index in [0.717, 1.165) is 18.0 Å². The largest absolute Gasteiger partial charge is 0.480 e. The van der Waals surface area contributed by atoms with E-state index >= 15 is 0 Å². The van der Waals surface area contributed by atoms with Crippen LogP contribution in [0.1, 0.15) is 42.1 Å². The van der Waals surface area contributed by atoms with Crippen LogP contribution in [0.25, 0.3) is 0 Å². The number of rotatable bonds is 6. The van der Waals surface area contributed by atoms with Gasteiger partial charge in [-0.1, -0.05) is 24.8 Å². The molecule has 18 heavy (non-hydrogen) atoms. The first kappa shape index (κ1) is 14.6. The van der Waals surface area contributed by atoms with Crippen molar-refractivity contribution in [3.8, 4) is 0 Å². The number of likely N-dealkylation sites (N-methyl/N-ethyl adjacent to an activating group) is 1. The van der Waals surface area contributed by atoms with Crippen LogP contribution in [0.15, 0.2) is 0 Å². The van der Waals surface area contributed by atoms with Crippen LogP contribution in [-0.2, 0) is 11.2 Å². The number of carbonyl (C=O) groups is 2. The van der Waals surface area contributed by atoms with Gasteiger partial charge >= 0.3 is 5.97 Å². The quantitative estimate of drug-likeness (QED) is 0.846. The fraction of sp³-hybridized carbons (Fsp3) is 0.636. The zero-order valence-corrected chi connectivity index (χ0v) is 11.5. The lowest BCUT2D eigenvalue weighted by molar-refractivity contribution is -0.142. The second kappa shape index (κ2) is 6.44. The monoisotopic (exact) mass is 271 g/mol. The lowest BCUT2D eigenvalue weighted by Crippen LogP contribution is -2.42. The highest BCUT2D eigenvalue weighted by Gasteiger charge is 2.28. The average molecular weight is 271 g/mol. The molecule has 0 fully saturated rings. The SMILES string of the molecule is CCCc1nnsc1C(=O)N(C)C(CC)C(=O)O. The van der Waals surface area contributed by atoms with E-state index in [2.05, 4.69) is 9.59 Å². The highest BCUT2D eigenvalue weighted by molar-refractivity contribution is 7.08. The molecule has 0 aliphatic carbocycles. The van der Waals surface area contributed by atoms with E-state index in [-0.39, 0.29) is 5.91 Å². The minimum Gasteiger partial charge on any atom is -0.480 e. The van der Waals surface area contributed by atoms with Crippen molar-refractivity contribution in [3.05, 3.63) is 10.6 Å². The Balaban J connectivity index is 2.92. The van der Waals surface area contributed by atoms with Crippen LogP contribution in [-0.4, -0.2) is 44.6 Å². The first-order chi connectivity index (χ1) is 8.52. The molecule has 0 aromatic carbocycles. The Labute approximate surface area is 110 Å². The van der Waals surface area contributed by atoms with Crippen molar-refractivity contribution in [1.82, 2.24) is 14.5 Å². The first-order valence-electron chi connectivity index (χ1n) is 5.84. The predicted octanol–water partition coefficient (Wildman–Crippen LogP) is 1.43. The Kier molecular flexibility index (Phi) is 5.21. The van der Waals surface area contributed by atoms with Crippen molar-refractivity contribution in [2.24, 2.45) is 0 Å². The number of hydrogen-bond acceptors (Lipinski definition) is 5. The van der Waals surface area contributed by atoms with E-state index in [9.17, 15) is 9.59 Å². The second-order valence-corrected chi connectivity index (χ2v) is 4.73. The molecule has 1 atom stereocenters. The lowest BCUT2D eigenvalue weighted by Gasteiger charge is -2.23. The predicted molar refractivity (Wildman–Crippen MR) is 67.7 cm³/mol. The van der Waals surface area contributed by atoms with E-state index in [1.165, 1.54) is 11.9 Å². The first-order valence-corrected chi connectivity index (χ1v) is 6.61. The van der Waals surface area contributed by atoms with Crippen molar-refractivity contribution < 1.29 is 14.7 Å². The number of carbonyl (C=O) groups excluding carboxylic acids is 1. The number of carboxylic acid groups (broad SMARTS) is 1. The Morgan fingerprint density at radius 1 is 1.44 bits per heavy atom. The molecule has 0 aliphatic heterocycles. The van der Waals surface area contributed by atoms with Gasteiger partial charge in [-0.2, -0.15) is 0 Å². The van der Waals surface area contributed by atoms with Gasteiger partial charge in [0.2, 0.25) is 0 Å². The standard InChI is InChI=1S/C11H17N3O3S/c1-4-6-7-9(18-13-12-7)10(15)14(3)8(5-2)11(16)17/h8H,4-6H2,1-3H3,(H,16,17). The number of hydrogen-bond donors (Lipinski definition) is 1. The molecular weight excluding hydrogens is 254 g/mol. The Bertz CT molecular complexity index is 433. The summed E-state index contributed by atoms with van der Waals surface area (Å²) < 4.78 is 3.77. The summed E-state index contributed by atoms with van der Waals surface area (Å²) in [6.07, 6.45) is 1.91. The number of nitrogens with zero attached hydrogens (tertiary/aromatic N) is 3. The third-order valence-electron chi connectivity index (χ3n) is 2.70. The van der Waals surface area contributed by atoms with Crippen LogP contribution in [0.3, 0.4) is 0 Å². The average Bonchev–Trinajstić information content (AvgIpc) is 2.77. The fourth-order valence-corrected chi connectivity index (χ4v) is 2.38. The van der Waals surface area contributed by atoms with E-state index in [4.69, 9.17) is 5.11 Å². The molecule has 1 amide bonds. The zero-order chi connectivity index (χ0) is 13.7. The van der Waals surface area contributed by atoms with Crippen LogP contribution in [0.5, 0.6) is 0 Å². The molecule has 1 aromatic rings.